The molecule has 0 radical (unpaired) electrons. The van der Waals surface area contributed by atoms with Crippen molar-refractivity contribution in [2.75, 3.05) is 16.8 Å². The highest BCUT2D eigenvalue weighted by molar-refractivity contribution is 7.99. The number of aromatic nitrogens is 2. The molecule has 0 bridgehead atoms. The summed E-state index contributed by atoms with van der Waals surface area (Å²) in [6.45, 7) is 2.24. The zero-order chi connectivity index (χ0) is 19.8. The van der Waals surface area contributed by atoms with Gasteiger partial charge in [-0.05, 0) is 42.9 Å². The number of fused-ring (bicyclic) bond motifs is 3. The van der Waals surface area contributed by atoms with Gasteiger partial charge in [0.15, 0.2) is 5.16 Å². The summed E-state index contributed by atoms with van der Waals surface area (Å²) >= 11 is 2.75. The van der Waals surface area contributed by atoms with E-state index in [-0.39, 0.29) is 11.4 Å². The molecule has 28 heavy (non-hydrogen) atoms. The highest BCUT2D eigenvalue weighted by Crippen LogP contribution is 2.39. The fourth-order valence-electron chi connectivity index (χ4n) is 3.32. The first kappa shape index (κ1) is 19.1. The minimum Gasteiger partial charge on any atom is -0.383 e. The van der Waals surface area contributed by atoms with Crippen LogP contribution < -0.4 is 11.1 Å². The summed E-state index contributed by atoms with van der Waals surface area (Å²) in [6, 6.07) is 2.90. The zero-order valence-corrected chi connectivity index (χ0v) is 16.7. The summed E-state index contributed by atoms with van der Waals surface area (Å²) in [5, 5.41) is 3.69. The Morgan fingerprint density at radius 1 is 1.39 bits per heavy atom. The number of nitrogens with two attached hydrogens (primary N) is 1. The Hall–Kier alpha value is -2.26. The lowest BCUT2D eigenvalue weighted by Gasteiger charge is -2.17. The Balaban J connectivity index is 1.49. The predicted molar refractivity (Wildman–Crippen MR) is 109 cm³/mol. The van der Waals surface area contributed by atoms with Gasteiger partial charge < -0.3 is 11.1 Å². The number of nitrogen functional groups attached to an aromatic ring is 1. The van der Waals surface area contributed by atoms with Gasteiger partial charge in [0.25, 0.3) is 0 Å². The topological polar surface area (TPSA) is 80.9 Å². The number of benzene rings is 1. The van der Waals surface area contributed by atoms with Crippen molar-refractivity contribution >= 4 is 50.7 Å². The number of thiophene rings is 1. The summed E-state index contributed by atoms with van der Waals surface area (Å²) in [5.41, 5.74) is 7.24. The van der Waals surface area contributed by atoms with E-state index < -0.39 is 17.5 Å². The summed E-state index contributed by atoms with van der Waals surface area (Å²) < 4.78 is 26.8. The molecule has 2 aromatic heterocycles. The van der Waals surface area contributed by atoms with Crippen LogP contribution in [0.4, 0.5) is 20.3 Å². The zero-order valence-electron chi connectivity index (χ0n) is 15.1. The molecule has 146 valence electrons. The van der Waals surface area contributed by atoms with Crippen molar-refractivity contribution in [2.24, 2.45) is 5.92 Å². The number of hydrogen-bond acceptors (Lipinski definition) is 6. The maximum absolute atomic E-state index is 13.6. The van der Waals surface area contributed by atoms with Crippen molar-refractivity contribution in [1.82, 2.24) is 9.97 Å². The van der Waals surface area contributed by atoms with E-state index in [9.17, 15) is 13.6 Å². The van der Waals surface area contributed by atoms with Gasteiger partial charge in [0.05, 0.1) is 16.8 Å². The molecule has 1 aliphatic rings. The molecule has 0 aliphatic heterocycles. The van der Waals surface area contributed by atoms with E-state index in [0.717, 1.165) is 59.4 Å². The van der Waals surface area contributed by atoms with Crippen LogP contribution in [0.15, 0.2) is 23.4 Å². The molecule has 0 saturated carbocycles. The van der Waals surface area contributed by atoms with Crippen LogP contribution in [0.2, 0.25) is 0 Å². The van der Waals surface area contributed by atoms with Crippen LogP contribution >= 0.6 is 23.1 Å². The van der Waals surface area contributed by atoms with Gasteiger partial charge >= 0.3 is 0 Å². The smallest absolute Gasteiger partial charge is 0.234 e. The fourth-order valence-corrected chi connectivity index (χ4v) is 5.42. The maximum atomic E-state index is 13.6. The van der Waals surface area contributed by atoms with Gasteiger partial charge in [-0.3, -0.25) is 4.79 Å². The first-order valence-electron chi connectivity index (χ1n) is 8.86. The minimum absolute atomic E-state index is 0.0387. The fraction of sp³-hybridized carbons (Fsp3) is 0.316. The molecule has 2 heterocycles. The van der Waals surface area contributed by atoms with Crippen molar-refractivity contribution in [1.29, 1.82) is 0 Å². The molecule has 1 atom stereocenters. The van der Waals surface area contributed by atoms with Crippen LogP contribution in [0.25, 0.3) is 10.2 Å². The summed E-state index contributed by atoms with van der Waals surface area (Å²) in [5.74, 6) is -0.757. The first-order valence-corrected chi connectivity index (χ1v) is 10.7. The average molecular weight is 421 g/mol. The van der Waals surface area contributed by atoms with Gasteiger partial charge in [-0.1, -0.05) is 18.7 Å². The van der Waals surface area contributed by atoms with Gasteiger partial charge in [0.1, 0.15) is 22.3 Å². The monoisotopic (exact) mass is 420 g/mol. The van der Waals surface area contributed by atoms with Crippen molar-refractivity contribution < 1.29 is 13.6 Å². The van der Waals surface area contributed by atoms with Crippen LogP contribution in [0.1, 0.15) is 23.8 Å². The number of amides is 1. The number of carbonyl (C=O) groups is 1. The Kier molecular flexibility index (Phi) is 5.20. The molecule has 0 spiro atoms. The van der Waals surface area contributed by atoms with Crippen LogP contribution in [0.5, 0.6) is 0 Å². The molecule has 0 fully saturated rings. The van der Waals surface area contributed by atoms with Gasteiger partial charge in [-0.15, -0.1) is 11.3 Å². The van der Waals surface area contributed by atoms with E-state index in [1.165, 1.54) is 10.4 Å². The van der Waals surface area contributed by atoms with Crippen LogP contribution in [-0.2, 0) is 17.6 Å². The average Bonchev–Trinajstić information content (AvgIpc) is 3.00. The number of hydrogen-bond donors (Lipinski definition) is 2. The summed E-state index contributed by atoms with van der Waals surface area (Å²) in [4.78, 5) is 23.1. The molecule has 5 nitrogen and oxygen atoms in total. The van der Waals surface area contributed by atoms with E-state index in [4.69, 9.17) is 5.73 Å². The number of nitrogens with one attached hydrogen (secondary N) is 1. The number of thioether (sulfide) groups is 1. The van der Waals surface area contributed by atoms with Gasteiger partial charge in [-0.2, -0.15) is 0 Å². The Labute approximate surface area is 168 Å². The van der Waals surface area contributed by atoms with Crippen LogP contribution in [-0.4, -0.2) is 21.6 Å². The molecule has 1 aliphatic carbocycles. The van der Waals surface area contributed by atoms with Crippen molar-refractivity contribution in [3.8, 4) is 0 Å². The Morgan fingerprint density at radius 3 is 3.04 bits per heavy atom. The third-order valence-electron chi connectivity index (χ3n) is 4.70. The molecular formula is C19H18F2N4OS2. The second kappa shape index (κ2) is 7.63. The highest BCUT2D eigenvalue weighted by atomic mass is 32.2. The lowest BCUT2D eigenvalue weighted by molar-refractivity contribution is -0.113. The number of anilines is 2. The highest BCUT2D eigenvalue weighted by Gasteiger charge is 2.23. The number of halogens is 2. The van der Waals surface area contributed by atoms with Crippen molar-refractivity contribution in [3.05, 3.63) is 40.3 Å². The van der Waals surface area contributed by atoms with E-state index >= 15 is 0 Å². The third-order valence-corrected chi connectivity index (χ3v) is 6.69. The quantitative estimate of drug-likeness (QED) is 0.483. The molecule has 4 rings (SSSR count). The second-order valence-electron chi connectivity index (χ2n) is 6.88. The predicted octanol–water partition coefficient (Wildman–Crippen LogP) is 4.41. The normalized spacial score (nSPS) is 16.2. The van der Waals surface area contributed by atoms with E-state index in [2.05, 4.69) is 22.2 Å². The summed E-state index contributed by atoms with van der Waals surface area (Å²) in [6.07, 6.45) is 3.14. The van der Waals surface area contributed by atoms with Gasteiger partial charge in [-0.25, -0.2) is 18.7 Å². The standard InChI is InChI=1S/C19H18F2N4OS2/c1-9-2-4-11-14(6-9)28-18-16(11)17(22)24-19(25-18)27-8-15(26)23-13-7-10(20)3-5-12(13)21/h3,5,7,9H,2,4,6,8H2,1H3,(H,23,26)(H2,22,24,25). The van der Waals surface area contributed by atoms with E-state index in [0.29, 0.717) is 16.9 Å². The van der Waals surface area contributed by atoms with E-state index in [1.54, 1.807) is 11.3 Å². The Bertz CT molecular complexity index is 1070. The Morgan fingerprint density at radius 2 is 2.21 bits per heavy atom. The molecule has 1 amide bonds. The lowest BCUT2D eigenvalue weighted by atomic mass is 9.89. The largest absolute Gasteiger partial charge is 0.383 e. The molecule has 9 heteroatoms. The number of carbonyl (C=O) groups excluding carboxylic acids is 1. The molecule has 3 aromatic rings. The first-order chi connectivity index (χ1) is 13.4. The van der Waals surface area contributed by atoms with Gasteiger partial charge in [0, 0.05) is 10.9 Å². The van der Waals surface area contributed by atoms with Crippen LogP contribution in [0.3, 0.4) is 0 Å². The number of nitrogens with zero attached hydrogens (tertiary/aromatic N) is 2. The SMILES string of the molecule is CC1CCc2c(sc3nc(SCC(=O)Nc4cc(F)ccc4F)nc(N)c23)C1. The number of rotatable bonds is 4. The van der Waals surface area contributed by atoms with Gasteiger partial charge in [0.2, 0.25) is 5.91 Å². The van der Waals surface area contributed by atoms with Crippen LogP contribution in [0, 0.1) is 17.6 Å². The van der Waals surface area contributed by atoms with Crippen molar-refractivity contribution in [2.45, 2.75) is 31.3 Å². The molecule has 1 aromatic carbocycles. The number of aryl methyl sites for hydroxylation is 1. The van der Waals surface area contributed by atoms with E-state index in [1.807, 2.05) is 0 Å². The molecule has 1 unspecified atom stereocenters. The van der Waals surface area contributed by atoms with Crippen molar-refractivity contribution in [3.63, 3.8) is 0 Å². The molecular weight excluding hydrogens is 402 g/mol. The minimum atomic E-state index is -0.694. The second-order valence-corrected chi connectivity index (χ2v) is 8.91. The maximum Gasteiger partial charge on any atom is 0.234 e. The molecule has 3 N–H and O–H groups in total. The summed E-state index contributed by atoms with van der Waals surface area (Å²) in [7, 11) is 0. The third kappa shape index (κ3) is 3.81. The lowest BCUT2D eigenvalue weighted by Crippen LogP contribution is -2.15. The molecule has 0 saturated heterocycles.